The molecular formula is C18H30ClN3O. The summed E-state index contributed by atoms with van der Waals surface area (Å²) < 4.78 is 5.78. The van der Waals surface area contributed by atoms with E-state index in [2.05, 4.69) is 39.4 Å². The van der Waals surface area contributed by atoms with Gasteiger partial charge in [-0.25, -0.2) is 0 Å². The summed E-state index contributed by atoms with van der Waals surface area (Å²) in [6.45, 7) is 11.0. The fourth-order valence-electron chi connectivity index (χ4n) is 3.60. The fraction of sp³-hybridized carbons (Fsp3) is 0.667. The first-order valence-corrected chi connectivity index (χ1v) is 8.76. The zero-order valence-corrected chi connectivity index (χ0v) is 15.0. The van der Waals surface area contributed by atoms with E-state index in [1.54, 1.807) is 0 Å². The van der Waals surface area contributed by atoms with Gasteiger partial charge in [0.25, 0.3) is 0 Å². The number of rotatable bonds is 5. The van der Waals surface area contributed by atoms with Crippen LogP contribution in [0.4, 0.5) is 5.69 Å². The molecule has 0 saturated carbocycles. The van der Waals surface area contributed by atoms with Crippen LogP contribution in [0.25, 0.3) is 0 Å². The first-order chi connectivity index (χ1) is 10.9. The molecule has 2 aliphatic rings. The average Bonchev–Trinajstić information content (AvgIpc) is 2.58. The molecule has 4 nitrogen and oxygen atoms in total. The molecule has 2 aliphatic heterocycles. The van der Waals surface area contributed by atoms with Crippen LogP contribution in [-0.4, -0.2) is 57.3 Å². The number of piperazine rings is 1. The molecule has 2 heterocycles. The topological polar surface area (TPSA) is 27.7 Å². The van der Waals surface area contributed by atoms with Crippen LogP contribution in [0.5, 0.6) is 5.75 Å². The molecule has 2 saturated heterocycles. The third-order valence-electron chi connectivity index (χ3n) is 4.85. The lowest BCUT2D eigenvalue weighted by atomic mass is 9.97. The minimum Gasteiger partial charge on any atom is -0.492 e. The van der Waals surface area contributed by atoms with Crippen LogP contribution in [-0.2, 0) is 0 Å². The summed E-state index contributed by atoms with van der Waals surface area (Å²) in [7, 11) is 0. The van der Waals surface area contributed by atoms with Crippen LogP contribution < -0.4 is 15.0 Å². The number of piperidine rings is 1. The second kappa shape index (κ2) is 9.36. The molecule has 1 N–H and O–H groups in total. The number of anilines is 1. The van der Waals surface area contributed by atoms with Crippen molar-refractivity contribution in [2.75, 3.05) is 57.3 Å². The van der Waals surface area contributed by atoms with Crippen LogP contribution in [0.15, 0.2) is 24.3 Å². The van der Waals surface area contributed by atoms with Crippen molar-refractivity contribution in [3.05, 3.63) is 24.3 Å². The van der Waals surface area contributed by atoms with Gasteiger partial charge in [-0.15, -0.1) is 12.4 Å². The highest BCUT2D eigenvalue weighted by molar-refractivity contribution is 5.85. The van der Waals surface area contributed by atoms with E-state index in [1.807, 2.05) is 6.92 Å². The number of ether oxygens (including phenoxy) is 1. The maximum atomic E-state index is 5.78. The number of para-hydroxylation sites is 2. The Kier molecular flexibility index (Phi) is 7.47. The second-order valence-corrected chi connectivity index (χ2v) is 6.38. The quantitative estimate of drug-likeness (QED) is 0.892. The van der Waals surface area contributed by atoms with Crippen molar-refractivity contribution < 1.29 is 4.74 Å². The maximum Gasteiger partial charge on any atom is 0.142 e. The average molecular weight is 340 g/mol. The highest BCUT2D eigenvalue weighted by atomic mass is 35.5. The Labute approximate surface area is 146 Å². The van der Waals surface area contributed by atoms with Crippen molar-refractivity contribution in [3.63, 3.8) is 0 Å². The van der Waals surface area contributed by atoms with Crippen LogP contribution >= 0.6 is 12.4 Å². The second-order valence-electron chi connectivity index (χ2n) is 6.38. The largest absolute Gasteiger partial charge is 0.492 e. The van der Waals surface area contributed by atoms with Crippen LogP contribution in [0.1, 0.15) is 19.8 Å². The van der Waals surface area contributed by atoms with Crippen molar-refractivity contribution in [3.8, 4) is 5.75 Å². The molecule has 23 heavy (non-hydrogen) atoms. The minimum absolute atomic E-state index is 0. The lowest BCUT2D eigenvalue weighted by molar-refractivity contribution is 0.196. The molecule has 5 heteroatoms. The van der Waals surface area contributed by atoms with Gasteiger partial charge in [-0.3, -0.25) is 4.90 Å². The molecule has 0 unspecified atom stereocenters. The zero-order chi connectivity index (χ0) is 15.2. The van der Waals surface area contributed by atoms with Gasteiger partial charge < -0.3 is 15.0 Å². The van der Waals surface area contributed by atoms with Gasteiger partial charge >= 0.3 is 0 Å². The Bertz CT molecular complexity index is 457. The summed E-state index contributed by atoms with van der Waals surface area (Å²) in [4.78, 5) is 5.12. The van der Waals surface area contributed by atoms with Crippen molar-refractivity contribution >= 4 is 18.1 Å². The van der Waals surface area contributed by atoms with E-state index >= 15 is 0 Å². The third kappa shape index (κ3) is 5.00. The lowest BCUT2D eigenvalue weighted by Crippen LogP contribution is -2.48. The van der Waals surface area contributed by atoms with E-state index < -0.39 is 0 Å². The van der Waals surface area contributed by atoms with E-state index in [4.69, 9.17) is 4.74 Å². The van der Waals surface area contributed by atoms with E-state index in [0.717, 1.165) is 31.4 Å². The van der Waals surface area contributed by atoms with E-state index in [0.29, 0.717) is 0 Å². The predicted octanol–water partition coefficient (Wildman–Crippen LogP) is 2.63. The summed E-state index contributed by atoms with van der Waals surface area (Å²) >= 11 is 0. The molecule has 0 spiro atoms. The highest BCUT2D eigenvalue weighted by Crippen LogP contribution is 2.29. The molecule has 1 aromatic rings. The first kappa shape index (κ1) is 18.4. The van der Waals surface area contributed by atoms with Gasteiger partial charge in [0, 0.05) is 32.7 Å². The lowest BCUT2D eigenvalue weighted by Gasteiger charge is -2.38. The Morgan fingerprint density at radius 1 is 1.09 bits per heavy atom. The molecule has 0 amide bonds. The highest BCUT2D eigenvalue weighted by Gasteiger charge is 2.22. The van der Waals surface area contributed by atoms with Gasteiger partial charge in [-0.05, 0) is 50.9 Å². The summed E-state index contributed by atoms with van der Waals surface area (Å²) in [5.41, 5.74) is 1.26. The van der Waals surface area contributed by atoms with Gasteiger partial charge in [0.15, 0.2) is 0 Å². The number of nitrogens with zero attached hydrogens (tertiary/aromatic N) is 2. The Morgan fingerprint density at radius 3 is 2.48 bits per heavy atom. The van der Waals surface area contributed by atoms with E-state index in [1.165, 1.54) is 51.3 Å². The van der Waals surface area contributed by atoms with Crippen LogP contribution in [0, 0.1) is 5.92 Å². The number of benzene rings is 1. The normalized spacial score (nSPS) is 20.1. The summed E-state index contributed by atoms with van der Waals surface area (Å²) in [6, 6.07) is 8.44. The maximum absolute atomic E-state index is 5.78. The molecular weight excluding hydrogens is 310 g/mol. The molecule has 2 fully saturated rings. The molecule has 0 aliphatic carbocycles. The van der Waals surface area contributed by atoms with Gasteiger partial charge in [0.2, 0.25) is 0 Å². The SMILES string of the molecule is CCOc1ccccc1N1CCN(CC2CCNCC2)CC1.Cl. The van der Waals surface area contributed by atoms with E-state index in [-0.39, 0.29) is 12.4 Å². The van der Waals surface area contributed by atoms with Crippen LogP contribution in [0.2, 0.25) is 0 Å². The molecule has 0 bridgehead atoms. The summed E-state index contributed by atoms with van der Waals surface area (Å²) in [6.07, 6.45) is 2.68. The Hall–Kier alpha value is -0.970. The standard InChI is InChI=1S/C18H29N3O.ClH/c1-2-22-18-6-4-3-5-17(18)21-13-11-20(12-14-21)15-16-7-9-19-10-8-16;/h3-6,16,19H,2,7-15H2,1H3;1H. The number of halogens is 1. The van der Waals surface area contributed by atoms with Crippen molar-refractivity contribution in [2.45, 2.75) is 19.8 Å². The molecule has 130 valence electrons. The number of hydrogen-bond donors (Lipinski definition) is 1. The molecule has 1 aromatic carbocycles. The molecule has 0 atom stereocenters. The number of nitrogens with one attached hydrogen (secondary N) is 1. The summed E-state index contributed by atoms with van der Waals surface area (Å²) in [5.74, 6) is 1.92. The molecule has 0 radical (unpaired) electrons. The fourth-order valence-corrected chi connectivity index (χ4v) is 3.60. The first-order valence-electron chi connectivity index (χ1n) is 8.76. The predicted molar refractivity (Wildman–Crippen MR) is 99.1 cm³/mol. The van der Waals surface area contributed by atoms with Gasteiger partial charge in [0.05, 0.1) is 12.3 Å². The minimum atomic E-state index is 0. The van der Waals surface area contributed by atoms with Crippen molar-refractivity contribution in [2.24, 2.45) is 5.92 Å². The van der Waals surface area contributed by atoms with Crippen molar-refractivity contribution in [1.29, 1.82) is 0 Å². The van der Waals surface area contributed by atoms with Gasteiger partial charge in [-0.1, -0.05) is 12.1 Å². The van der Waals surface area contributed by atoms with Crippen LogP contribution in [0.3, 0.4) is 0 Å². The smallest absolute Gasteiger partial charge is 0.142 e. The van der Waals surface area contributed by atoms with Gasteiger partial charge in [0.1, 0.15) is 5.75 Å². The Balaban J connectivity index is 0.00000192. The number of hydrogen-bond acceptors (Lipinski definition) is 4. The molecule has 3 rings (SSSR count). The van der Waals surface area contributed by atoms with Crippen molar-refractivity contribution in [1.82, 2.24) is 10.2 Å². The summed E-state index contributed by atoms with van der Waals surface area (Å²) in [5, 5.41) is 3.46. The van der Waals surface area contributed by atoms with E-state index in [9.17, 15) is 0 Å². The van der Waals surface area contributed by atoms with Gasteiger partial charge in [-0.2, -0.15) is 0 Å². The monoisotopic (exact) mass is 339 g/mol. The third-order valence-corrected chi connectivity index (χ3v) is 4.85. The molecule has 0 aromatic heterocycles. The Morgan fingerprint density at radius 2 is 1.78 bits per heavy atom. The zero-order valence-electron chi connectivity index (χ0n) is 14.2.